The molecule has 8 nitrogen and oxygen atoms in total. The van der Waals surface area contributed by atoms with E-state index in [9.17, 15) is 27.5 Å². The molecule has 1 aliphatic carbocycles. The van der Waals surface area contributed by atoms with Crippen molar-refractivity contribution in [1.82, 2.24) is 4.31 Å². The maximum atomic E-state index is 13.0. The van der Waals surface area contributed by atoms with Gasteiger partial charge in [0.1, 0.15) is 14.8 Å². The lowest BCUT2D eigenvalue weighted by molar-refractivity contribution is -0.125. The molecule has 0 aromatic carbocycles. The summed E-state index contributed by atoms with van der Waals surface area (Å²) in [7, 11) is -2.73. The smallest absolute Gasteiger partial charge is 0.256 e. The van der Waals surface area contributed by atoms with Crippen LogP contribution in [0.3, 0.4) is 0 Å². The van der Waals surface area contributed by atoms with Crippen molar-refractivity contribution in [3.63, 3.8) is 0 Å². The monoisotopic (exact) mass is 441 g/mol. The Balaban J connectivity index is 2.27. The van der Waals surface area contributed by atoms with Gasteiger partial charge in [-0.15, -0.1) is 17.8 Å². The van der Waals surface area contributed by atoms with Gasteiger partial charge in [-0.1, -0.05) is 11.6 Å². The molecule has 1 aromatic heterocycles. The molecule has 0 atom stereocenters. The Hall–Kier alpha value is -2.52. The minimum atomic E-state index is -4.03. The molecule has 1 fully saturated rings. The number of primary amides is 1. The average molecular weight is 442 g/mol. The van der Waals surface area contributed by atoms with Crippen LogP contribution in [0.4, 0.5) is 9.39 Å². The second-order valence-corrected chi connectivity index (χ2v) is 9.92. The average Bonchev–Trinajstić information content (AvgIpc) is 3.25. The predicted molar refractivity (Wildman–Crippen MR) is 107 cm³/mol. The van der Waals surface area contributed by atoms with Crippen molar-refractivity contribution in [1.29, 1.82) is 0 Å². The van der Waals surface area contributed by atoms with Gasteiger partial charge in [0.15, 0.2) is 5.83 Å². The molecule has 1 aromatic rings. The highest BCUT2D eigenvalue weighted by atomic mass is 32.2. The van der Waals surface area contributed by atoms with E-state index in [-0.39, 0.29) is 34.2 Å². The molecule has 0 saturated heterocycles. The van der Waals surface area contributed by atoms with Gasteiger partial charge in [0, 0.05) is 13.6 Å². The van der Waals surface area contributed by atoms with Gasteiger partial charge in [-0.3, -0.25) is 9.59 Å². The summed E-state index contributed by atoms with van der Waals surface area (Å²) in [4.78, 5) is 23.7. The molecule has 0 radical (unpaired) electrons. The first-order chi connectivity index (χ1) is 13.4. The van der Waals surface area contributed by atoms with E-state index >= 15 is 0 Å². The number of rotatable bonds is 8. The topological polar surface area (TPSA) is 130 Å². The number of hydrogen-bond acceptors (Lipinski definition) is 6. The number of anilines is 1. The Kier molecular flexibility index (Phi) is 6.64. The van der Waals surface area contributed by atoms with E-state index in [4.69, 9.17) is 12.2 Å². The molecule has 0 aliphatic heterocycles. The number of terminal acetylenes is 1. The molecule has 29 heavy (non-hydrogen) atoms. The number of thiophene rings is 1. The van der Waals surface area contributed by atoms with Crippen LogP contribution in [-0.4, -0.2) is 48.8 Å². The van der Waals surface area contributed by atoms with Crippen LogP contribution in [0.2, 0.25) is 0 Å². The third kappa shape index (κ3) is 5.30. The molecule has 0 unspecified atom stereocenters. The minimum absolute atomic E-state index is 0.0545. The second-order valence-electron chi connectivity index (χ2n) is 6.59. The Bertz CT molecular complexity index is 1050. The molecular weight excluding hydrogens is 421 g/mol. The zero-order valence-corrected chi connectivity index (χ0v) is 17.4. The van der Waals surface area contributed by atoms with Crippen LogP contribution < -0.4 is 11.1 Å². The highest BCUT2D eigenvalue weighted by molar-refractivity contribution is 7.91. The normalized spacial score (nSPS) is 16.4. The van der Waals surface area contributed by atoms with Crippen molar-refractivity contribution < 1.29 is 27.5 Å². The van der Waals surface area contributed by atoms with Crippen LogP contribution in [0.1, 0.15) is 30.1 Å². The van der Waals surface area contributed by atoms with E-state index in [0.29, 0.717) is 16.9 Å². The number of carbonyl (C=O) groups excluding carboxylic acids is 2. The summed E-state index contributed by atoms with van der Waals surface area (Å²) in [5.41, 5.74) is 4.12. The van der Waals surface area contributed by atoms with Crippen molar-refractivity contribution >= 4 is 38.2 Å². The van der Waals surface area contributed by atoms with Gasteiger partial charge in [-0.05, 0) is 37.8 Å². The molecule has 11 heteroatoms. The zero-order chi connectivity index (χ0) is 22.0. The minimum Gasteiger partial charge on any atom is -0.380 e. The highest BCUT2D eigenvalue weighted by Gasteiger charge is 2.48. The van der Waals surface area contributed by atoms with E-state index in [1.165, 1.54) is 13.1 Å². The fourth-order valence-corrected chi connectivity index (χ4v) is 5.03. The van der Waals surface area contributed by atoms with Crippen LogP contribution >= 0.6 is 11.3 Å². The van der Waals surface area contributed by atoms with E-state index in [2.05, 4.69) is 5.32 Å². The molecule has 4 N–H and O–H groups in total. The van der Waals surface area contributed by atoms with Crippen molar-refractivity contribution in [2.75, 3.05) is 18.9 Å². The van der Waals surface area contributed by atoms with Gasteiger partial charge >= 0.3 is 0 Å². The lowest BCUT2D eigenvalue weighted by Crippen LogP contribution is -2.29. The molecule has 1 saturated carbocycles. The standard InChI is InChI=1S/C18H20FN3O5S2/c1-4-12(19)6-5-11(2)10-22(3)29(26,27)14-9-13(15(20)23)16(28-14)21-17(24)18(25)7-8-18/h1,5-6,9,25H,7-8,10H2,2-3H3,(H2,20,23)(H,21,24). The van der Waals surface area contributed by atoms with Gasteiger partial charge in [0.25, 0.3) is 21.8 Å². The van der Waals surface area contributed by atoms with Gasteiger partial charge in [0.05, 0.1) is 5.56 Å². The summed E-state index contributed by atoms with van der Waals surface area (Å²) in [5.74, 6) is -0.635. The van der Waals surface area contributed by atoms with E-state index in [1.807, 2.05) is 0 Å². The Morgan fingerprint density at radius 3 is 2.62 bits per heavy atom. The quantitative estimate of drug-likeness (QED) is 0.414. The highest BCUT2D eigenvalue weighted by Crippen LogP contribution is 2.38. The fourth-order valence-electron chi connectivity index (χ4n) is 2.24. The summed E-state index contributed by atoms with van der Waals surface area (Å²) < 4.78 is 39.4. The van der Waals surface area contributed by atoms with Gasteiger partial charge in [0.2, 0.25) is 0 Å². The van der Waals surface area contributed by atoms with Crippen LogP contribution in [-0.2, 0) is 14.8 Å². The molecule has 0 bridgehead atoms. The van der Waals surface area contributed by atoms with Gasteiger partial charge < -0.3 is 16.2 Å². The molecular formula is C18H20FN3O5S2. The first-order valence-electron chi connectivity index (χ1n) is 8.34. The molecule has 156 valence electrons. The van der Waals surface area contributed by atoms with Crippen LogP contribution in [0.5, 0.6) is 0 Å². The van der Waals surface area contributed by atoms with Crippen LogP contribution in [0.25, 0.3) is 0 Å². The Morgan fingerprint density at radius 2 is 2.10 bits per heavy atom. The third-order valence-corrected chi connectivity index (χ3v) is 7.44. The maximum Gasteiger partial charge on any atom is 0.256 e. The van der Waals surface area contributed by atoms with Gasteiger partial charge in [-0.2, -0.15) is 8.70 Å². The number of aliphatic hydroxyl groups is 1. The number of sulfonamides is 1. The summed E-state index contributed by atoms with van der Waals surface area (Å²) >= 11 is 0.653. The van der Waals surface area contributed by atoms with Crippen LogP contribution in [0, 0.1) is 12.3 Å². The summed E-state index contributed by atoms with van der Waals surface area (Å²) in [5, 5.41) is 12.2. The first kappa shape index (κ1) is 22.8. The maximum absolute atomic E-state index is 13.0. The number of amides is 2. The number of nitrogens with one attached hydrogen (secondary N) is 1. The Labute approximate surface area is 171 Å². The number of halogens is 1. The van der Waals surface area contributed by atoms with E-state index in [0.717, 1.165) is 16.4 Å². The summed E-state index contributed by atoms with van der Waals surface area (Å²) in [6.45, 7) is 1.53. The molecule has 2 amide bonds. The SMILES string of the molecule is C#CC(F)=CC=C(C)CN(C)S(=O)(=O)c1cc(C(N)=O)c(NC(=O)C2(O)CC2)s1. The summed E-state index contributed by atoms with van der Waals surface area (Å²) in [6, 6.07) is 1.07. The van der Waals surface area contributed by atoms with E-state index < -0.39 is 33.3 Å². The molecule has 1 aliphatic rings. The number of allylic oxidation sites excluding steroid dienone is 3. The van der Waals surface area contributed by atoms with Crippen molar-refractivity contribution in [3.05, 3.63) is 35.2 Å². The largest absolute Gasteiger partial charge is 0.380 e. The number of likely N-dealkylation sites (N-methyl/N-ethyl adjacent to an activating group) is 1. The lowest BCUT2D eigenvalue weighted by atomic mass is 10.2. The number of carbonyl (C=O) groups is 2. The first-order valence-corrected chi connectivity index (χ1v) is 10.6. The third-order valence-electron chi connectivity index (χ3n) is 4.14. The number of nitrogens with two attached hydrogens (primary N) is 1. The second kappa shape index (κ2) is 8.46. The zero-order valence-electron chi connectivity index (χ0n) is 15.7. The fraction of sp³-hybridized carbons (Fsp3) is 0.333. The Morgan fingerprint density at radius 1 is 1.48 bits per heavy atom. The molecule has 0 spiro atoms. The van der Waals surface area contributed by atoms with E-state index in [1.54, 1.807) is 12.8 Å². The summed E-state index contributed by atoms with van der Waals surface area (Å²) in [6.07, 6.45) is 7.86. The number of hydrogen-bond donors (Lipinski definition) is 3. The molecule has 2 rings (SSSR count). The number of nitrogens with zero attached hydrogens (tertiary/aromatic N) is 1. The van der Waals surface area contributed by atoms with Crippen LogP contribution in [0.15, 0.2) is 33.8 Å². The van der Waals surface area contributed by atoms with Crippen molar-refractivity contribution in [2.45, 2.75) is 29.6 Å². The molecule has 1 heterocycles. The van der Waals surface area contributed by atoms with Gasteiger partial charge in [-0.25, -0.2) is 8.42 Å². The van der Waals surface area contributed by atoms with Crippen molar-refractivity contribution in [2.24, 2.45) is 5.73 Å². The lowest BCUT2D eigenvalue weighted by Gasteiger charge is -2.16. The predicted octanol–water partition coefficient (Wildman–Crippen LogP) is 1.36. The van der Waals surface area contributed by atoms with Crippen molar-refractivity contribution in [3.8, 4) is 12.3 Å².